The minimum Gasteiger partial charge on any atom is -0.371 e. The third kappa shape index (κ3) is 1.59. The van der Waals surface area contributed by atoms with Crippen LogP contribution in [-0.4, -0.2) is 6.61 Å². The van der Waals surface area contributed by atoms with Crippen molar-refractivity contribution in [1.82, 2.24) is 0 Å². The molecule has 0 aromatic heterocycles. The van der Waals surface area contributed by atoms with Gasteiger partial charge in [0.05, 0.1) is 5.60 Å². The molecule has 1 aromatic rings. The molecule has 2 heteroatoms. The van der Waals surface area contributed by atoms with Crippen LogP contribution in [0.3, 0.4) is 0 Å². The first-order valence-electron chi connectivity index (χ1n) is 4.61. The van der Waals surface area contributed by atoms with Crippen molar-refractivity contribution in [3.05, 3.63) is 35.6 Å². The first-order chi connectivity index (χ1) is 6.21. The van der Waals surface area contributed by atoms with E-state index in [9.17, 15) is 4.39 Å². The van der Waals surface area contributed by atoms with Gasteiger partial charge < -0.3 is 4.74 Å². The van der Waals surface area contributed by atoms with Gasteiger partial charge in [-0.15, -0.1) is 0 Å². The standard InChI is InChI=1S/C11H13FO/c1-11(7-2-8-13-11)9-3-5-10(12)6-4-9/h3-6H,2,7-8H2,1H3. The van der Waals surface area contributed by atoms with Gasteiger partial charge in [-0.1, -0.05) is 12.1 Å². The third-order valence-electron chi connectivity index (χ3n) is 2.67. The second kappa shape index (κ2) is 3.11. The Labute approximate surface area is 77.5 Å². The van der Waals surface area contributed by atoms with Gasteiger partial charge in [0.2, 0.25) is 0 Å². The summed E-state index contributed by atoms with van der Waals surface area (Å²) in [5.41, 5.74) is 0.889. The Morgan fingerprint density at radius 1 is 1.31 bits per heavy atom. The molecule has 1 aromatic carbocycles. The Balaban J connectivity index is 2.29. The summed E-state index contributed by atoms with van der Waals surface area (Å²) in [7, 11) is 0. The minimum atomic E-state index is -0.189. The van der Waals surface area contributed by atoms with Crippen molar-refractivity contribution < 1.29 is 9.13 Å². The molecule has 1 nitrogen and oxygen atoms in total. The van der Waals surface area contributed by atoms with Gasteiger partial charge in [-0.2, -0.15) is 0 Å². The van der Waals surface area contributed by atoms with Crippen molar-refractivity contribution >= 4 is 0 Å². The number of hydrogen-bond acceptors (Lipinski definition) is 1. The lowest BCUT2D eigenvalue weighted by Crippen LogP contribution is -2.19. The molecule has 1 aliphatic rings. The molecule has 13 heavy (non-hydrogen) atoms. The molecule has 1 aliphatic heterocycles. The van der Waals surface area contributed by atoms with Gasteiger partial charge in [0.15, 0.2) is 0 Å². The Morgan fingerprint density at radius 3 is 2.54 bits per heavy atom. The molecule has 0 radical (unpaired) electrons. The average Bonchev–Trinajstić information content (AvgIpc) is 2.54. The predicted molar refractivity (Wildman–Crippen MR) is 48.9 cm³/mol. The maximum Gasteiger partial charge on any atom is 0.123 e. The maximum atomic E-state index is 12.7. The maximum absolute atomic E-state index is 12.7. The van der Waals surface area contributed by atoms with E-state index in [1.54, 1.807) is 12.1 Å². The molecule has 2 rings (SSSR count). The van der Waals surface area contributed by atoms with Crippen LogP contribution in [0.2, 0.25) is 0 Å². The van der Waals surface area contributed by atoms with Gasteiger partial charge in [-0.25, -0.2) is 4.39 Å². The predicted octanol–water partition coefficient (Wildman–Crippen LogP) is 2.85. The molecule has 0 aliphatic carbocycles. The van der Waals surface area contributed by atoms with Crippen LogP contribution < -0.4 is 0 Å². The lowest BCUT2D eigenvalue weighted by molar-refractivity contribution is 0.0168. The van der Waals surface area contributed by atoms with Gasteiger partial charge in [0.1, 0.15) is 5.82 Å². The van der Waals surface area contributed by atoms with E-state index in [1.165, 1.54) is 12.1 Å². The van der Waals surface area contributed by atoms with Crippen LogP contribution in [0, 0.1) is 5.82 Å². The van der Waals surface area contributed by atoms with E-state index in [0.29, 0.717) is 0 Å². The summed E-state index contributed by atoms with van der Waals surface area (Å²) in [5.74, 6) is -0.189. The van der Waals surface area contributed by atoms with Crippen LogP contribution in [-0.2, 0) is 10.3 Å². The number of benzene rings is 1. The summed E-state index contributed by atoms with van der Waals surface area (Å²) in [4.78, 5) is 0. The van der Waals surface area contributed by atoms with Gasteiger partial charge >= 0.3 is 0 Å². The lowest BCUT2D eigenvalue weighted by Gasteiger charge is -2.23. The van der Waals surface area contributed by atoms with E-state index in [4.69, 9.17) is 4.74 Å². The quantitative estimate of drug-likeness (QED) is 0.645. The molecule has 1 unspecified atom stereocenters. The average molecular weight is 180 g/mol. The van der Waals surface area contributed by atoms with Crippen LogP contribution in [0.5, 0.6) is 0 Å². The summed E-state index contributed by atoms with van der Waals surface area (Å²) in [6, 6.07) is 6.59. The molecule has 1 fully saturated rings. The van der Waals surface area contributed by atoms with Crippen LogP contribution in [0.15, 0.2) is 24.3 Å². The summed E-state index contributed by atoms with van der Waals surface area (Å²) in [6.07, 6.45) is 2.12. The van der Waals surface area contributed by atoms with E-state index in [2.05, 4.69) is 6.92 Å². The van der Waals surface area contributed by atoms with Gasteiger partial charge in [-0.05, 0) is 37.5 Å². The molecular formula is C11H13FO. The highest BCUT2D eigenvalue weighted by molar-refractivity contribution is 5.23. The van der Waals surface area contributed by atoms with Crippen molar-refractivity contribution in [3.63, 3.8) is 0 Å². The molecule has 0 spiro atoms. The van der Waals surface area contributed by atoms with Crippen LogP contribution >= 0.6 is 0 Å². The van der Waals surface area contributed by atoms with E-state index in [1.807, 2.05) is 0 Å². The highest BCUT2D eigenvalue weighted by Crippen LogP contribution is 2.35. The van der Waals surface area contributed by atoms with E-state index >= 15 is 0 Å². The highest BCUT2D eigenvalue weighted by Gasteiger charge is 2.31. The lowest BCUT2D eigenvalue weighted by atomic mass is 9.93. The van der Waals surface area contributed by atoms with Gasteiger partial charge in [-0.3, -0.25) is 0 Å². The van der Waals surface area contributed by atoms with Crippen LogP contribution in [0.1, 0.15) is 25.3 Å². The first kappa shape index (κ1) is 8.70. The number of ether oxygens (including phenoxy) is 1. The van der Waals surface area contributed by atoms with Gasteiger partial charge in [0, 0.05) is 6.61 Å². The zero-order valence-corrected chi connectivity index (χ0v) is 7.72. The fourth-order valence-electron chi connectivity index (χ4n) is 1.81. The highest BCUT2D eigenvalue weighted by atomic mass is 19.1. The molecule has 1 atom stereocenters. The first-order valence-corrected chi connectivity index (χ1v) is 4.61. The van der Waals surface area contributed by atoms with E-state index in [-0.39, 0.29) is 11.4 Å². The van der Waals surface area contributed by atoms with Crippen molar-refractivity contribution in [2.45, 2.75) is 25.4 Å². The number of rotatable bonds is 1. The van der Waals surface area contributed by atoms with Crippen LogP contribution in [0.4, 0.5) is 4.39 Å². The van der Waals surface area contributed by atoms with E-state index in [0.717, 1.165) is 25.0 Å². The topological polar surface area (TPSA) is 9.23 Å². The third-order valence-corrected chi connectivity index (χ3v) is 2.67. The van der Waals surface area contributed by atoms with Crippen LogP contribution in [0.25, 0.3) is 0 Å². The molecule has 70 valence electrons. The molecule has 0 amide bonds. The molecule has 0 N–H and O–H groups in total. The smallest absolute Gasteiger partial charge is 0.123 e. The van der Waals surface area contributed by atoms with E-state index < -0.39 is 0 Å². The normalized spacial score (nSPS) is 27.8. The summed E-state index contributed by atoms with van der Waals surface area (Å²) < 4.78 is 18.3. The fraction of sp³-hybridized carbons (Fsp3) is 0.455. The molecule has 1 saturated heterocycles. The van der Waals surface area contributed by atoms with Gasteiger partial charge in [0.25, 0.3) is 0 Å². The second-order valence-corrected chi connectivity index (χ2v) is 3.69. The molecule has 1 heterocycles. The zero-order chi connectivity index (χ0) is 9.31. The van der Waals surface area contributed by atoms with Crippen molar-refractivity contribution in [2.75, 3.05) is 6.61 Å². The largest absolute Gasteiger partial charge is 0.371 e. The fourth-order valence-corrected chi connectivity index (χ4v) is 1.81. The zero-order valence-electron chi connectivity index (χ0n) is 7.72. The Kier molecular flexibility index (Phi) is 2.08. The molecular weight excluding hydrogens is 167 g/mol. The number of hydrogen-bond donors (Lipinski definition) is 0. The summed E-state index contributed by atoms with van der Waals surface area (Å²) in [6.45, 7) is 2.88. The van der Waals surface area contributed by atoms with Crippen molar-refractivity contribution in [2.24, 2.45) is 0 Å². The number of halogens is 1. The summed E-state index contributed by atoms with van der Waals surface area (Å²) in [5, 5.41) is 0. The minimum absolute atomic E-state index is 0.187. The Morgan fingerprint density at radius 2 is 2.00 bits per heavy atom. The monoisotopic (exact) mass is 180 g/mol. The van der Waals surface area contributed by atoms with Crippen molar-refractivity contribution in [1.29, 1.82) is 0 Å². The summed E-state index contributed by atoms with van der Waals surface area (Å²) >= 11 is 0. The molecule has 0 saturated carbocycles. The second-order valence-electron chi connectivity index (χ2n) is 3.69. The van der Waals surface area contributed by atoms with Crippen molar-refractivity contribution in [3.8, 4) is 0 Å². The Hall–Kier alpha value is -0.890. The Bertz CT molecular complexity index is 285. The molecule has 0 bridgehead atoms. The SMILES string of the molecule is CC1(c2ccc(F)cc2)CCCO1.